The van der Waals surface area contributed by atoms with Gasteiger partial charge in [-0.3, -0.25) is 9.59 Å². The largest absolute Gasteiger partial charge is 0.496 e. The van der Waals surface area contributed by atoms with Crippen molar-refractivity contribution in [3.63, 3.8) is 0 Å². The number of rotatable bonds is 6. The van der Waals surface area contributed by atoms with E-state index in [9.17, 15) is 9.59 Å². The second-order valence-electron chi connectivity index (χ2n) is 8.19. The molecule has 1 aliphatic rings. The third kappa shape index (κ3) is 5.57. The van der Waals surface area contributed by atoms with E-state index in [-0.39, 0.29) is 18.4 Å². The Kier molecular flexibility index (Phi) is 7.55. The molecular formula is C25H32N2O4. The first kappa shape index (κ1) is 22.7. The number of carbonyl (C=O) groups is 2. The number of benzene rings is 2. The van der Waals surface area contributed by atoms with Crippen LogP contribution in [-0.4, -0.2) is 61.5 Å². The Bertz CT molecular complexity index is 925. The molecule has 0 bridgehead atoms. The van der Waals surface area contributed by atoms with Crippen molar-refractivity contribution >= 4 is 11.8 Å². The molecule has 0 radical (unpaired) electrons. The SMILES string of the molecule is COc1ccccc1C(=O)N1CCCN(C(=O)COc2ccc(C(C)C)c(C)c2)CC1. The van der Waals surface area contributed by atoms with Gasteiger partial charge in [-0.1, -0.05) is 32.0 Å². The Balaban J connectivity index is 1.56. The van der Waals surface area contributed by atoms with Crippen LogP contribution in [0.1, 0.15) is 47.7 Å². The minimum absolute atomic E-state index is 0.000912. The molecule has 1 saturated heterocycles. The Labute approximate surface area is 184 Å². The minimum Gasteiger partial charge on any atom is -0.496 e. The molecule has 2 amide bonds. The highest BCUT2D eigenvalue weighted by Gasteiger charge is 2.24. The fraction of sp³-hybridized carbons (Fsp3) is 0.440. The Hall–Kier alpha value is -3.02. The summed E-state index contributed by atoms with van der Waals surface area (Å²) in [7, 11) is 1.56. The van der Waals surface area contributed by atoms with Crippen LogP contribution in [0.3, 0.4) is 0 Å². The molecule has 0 aliphatic carbocycles. The van der Waals surface area contributed by atoms with Crippen LogP contribution in [0, 0.1) is 6.92 Å². The maximum Gasteiger partial charge on any atom is 0.260 e. The summed E-state index contributed by atoms with van der Waals surface area (Å²) >= 11 is 0. The van der Waals surface area contributed by atoms with Gasteiger partial charge in [0.05, 0.1) is 12.7 Å². The van der Waals surface area contributed by atoms with E-state index in [1.54, 1.807) is 29.0 Å². The van der Waals surface area contributed by atoms with Crippen molar-refractivity contribution in [2.45, 2.75) is 33.1 Å². The molecule has 31 heavy (non-hydrogen) atoms. The number of nitrogens with zero attached hydrogens (tertiary/aromatic N) is 2. The number of aryl methyl sites for hydroxylation is 1. The molecule has 6 heteroatoms. The summed E-state index contributed by atoms with van der Waals surface area (Å²) in [6.07, 6.45) is 0.731. The summed E-state index contributed by atoms with van der Waals surface area (Å²) < 4.78 is 11.1. The second-order valence-corrected chi connectivity index (χ2v) is 8.19. The van der Waals surface area contributed by atoms with E-state index in [2.05, 4.69) is 26.8 Å². The van der Waals surface area contributed by atoms with E-state index in [0.717, 1.165) is 6.42 Å². The molecule has 6 nitrogen and oxygen atoms in total. The molecule has 1 fully saturated rings. The van der Waals surface area contributed by atoms with Crippen LogP contribution in [0.4, 0.5) is 0 Å². The highest BCUT2D eigenvalue weighted by atomic mass is 16.5. The molecule has 3 rings (SSSR count). The van der Waals surface area contributed by atoms with Crippen molar-refractivity contribution in [1.82, 2.24) is 9.80 Å². The van der Waals surface area contributed by atoms with E-state index >= 15 is 0 Å². The molecule has 166 valence electrons. The fourth-order valence-electron chi connectivity index (χ4n) is 3.98. The monoisotopic (exact) mass is 424 g/mol. The average molecular weight is 425 g/mol. The lowest BCUT2D eigenvalue weighted by molar-refractivity contribution is -0.133. The topological polar surface area (TPSA) is 59.1 Å². The quantitative estimate of drug-likeness (QED) is 0.706. The summed E-state index contributed by atoms with van der Waals surface area (Å²) in [5, 5.41) is 0. The van der Waals surface area contributed by atoms with Gasteiger partial charge in [0.1, 0.15) is 11.5 Å². The van der Waals surface area contributed by atoms with E-state index in [4.69, 9.17) is 9.47 Å². The van der Waals surface area contributed by atoms with E-state index in [1.165, 1.54) is 11.1 Å². The molecular weight excluding hydrogens is 392 g/mol. The molecule has 2 aromatic rings. The smallest absolute Gasteiger partial charge is 0.260 e. The van der Waals surface area contributed by atoms with Gasteiger partial charge in [-0.15, -0.1) is 0 Å². The van der Waals surface area contributed by atoms with Gasteiger partial charge in [-0.2, -0.15) is 0 Å². The van der Waals surface area contributed by atoms with Gasteiger partial charge in [0.15, 0.2) is 6.61 Å². The summed E-state index contributed by atoms with van der Waals surface area (Å²) in [4.78, 5) is 29.2. The molecule has 0 saturated carbocycles. The Morgan fingerprint density at radius 3 is 2.42 bits per heavy atom. The molecule has 2 aromatic carbocycles. The van der Waals surface area contributed by atoms with Crippen molar-refractivity contribution in [1.29, 1.82) is 0 Å². The van der Waals surface area contributed by atoms with Gasteiger partial charge >= 0.3 is 0 Å². The predicted molar refractivity (Wildman–Crippen MR) is 121 cm³/mol. The molecule has 1 aliphatic heterocycles. The average Bonchev–Trinajstić information content (AvgIpc) is 3.03. The van der Waals surface area contributed by atoms with Crippen LogP contribution < -0.4 is 9.47 Å². The van der Waals surface area contributed by atoms with Gasteiger partial charge in [0, 0.05) is 26.2 Å². The molecule has 0 atom stereocenters. The first-order chi connectivity index (χ1) is 14.9. The highest BCUT2D eigenvalue weighted by molar-refractivity contribution is 5.97. The number of hydrogen-bond donors (Lipinski definition) is 0. The van der Waals surface area contributed by atoms with Crippen LogP contribution in [-0.2, 0) is 4.79 Å². The number of hydrogen-bond acceptors (Lipinski definition) is 4. The van der Waals surface area contributed by atoms with Crippen LogP contribution in [0.5, 0.6) is 11.5 Å². The zero-order chi connectivity index (χ0) is 22.4. The Morgan fingerprint density at radius 2 is 1.71 bits per heavy atom. The summed E-state index contributed by atoms with van der Waals surface area (Å²) in [6, 6.07) is 13.2. The zero-order valence-corrected chi connectivity index (χ0v) is 18.9. The number of para-hydroxylation sites is 1. The van der Waals surface area contributed by atoms with Gasteiger partial charge < -0.3 is 19.3 Å². The lowest BCUT2D eigenvalue weighted by atomic mass is 9.98. The van der Waals surface area contributed by atoms with Crippen molar-refractivity contribution in [2.24, 2.45) is 0 Å². The van der Waals surface area contributed by atoms with E-state index < -0.39 is 0 Å². The van der Waals surface area contributed by atoms with E-state index in [1.807, 2.05) is 24.3 Å². The maximum atomic E-state index is 12.9. The first-order valence-electron chi connectivity index (χ1n) is 10.8. The number of methoxy groups -OCH3 is 1. The molecule has 1 heterocycles. The standard InChI is InChI=1S/C25H32N2O4/c1-18(2)21-11-10-20(16-19(21)3)31-17-24(28)26-12-7-13-27(15-14-26)25(29)22-8-5-6-9-23(22)30-4/h5-6,8-11,16,18H,7,12-15,17H2,1-4H3. The maximum absolute atomic E-state index is 12.9. The number of amides is 2. The lowest BCUT2D eigenvalue weighted by Gasteiger charge is -2.23. The van der Waals surface area contributed by atoms with Gasteiger partial charge in [-0.05, 0) is 54.7 Å². The molecule has 0 unspecified atom stereocenters. The van der Waals surface area contributed by atoms with Crippen molar-refractivity contribution in [2.75, 3.05) is 39.9 Å². The minimum atomic E-state index is -0.0660. The highest BCUT2D eigenvalue weighted by Crippen LogP contribution is 2.24. The van der Waals surface area contributed by atoms with Crippen LogP contribution in [0.2, 0.25) is 0 Å². The number of ether oxygens (including phenoxy) is 2. The van der Waals surface area contributed by atoms with Gasteiger partial charge in [-0.25, -0.2) is 0 Å². The first-order valence-corrected chi connectivity index (χ1v) is 10.8. The zero-order valence-electron chi connectivity index (χ0n) is 18.9. The number of carbonyl (C=O) groups excluding carboxylic acids is 2. The normalized spacial score (nSPS) is 14.4. The van der Waals surface area contributed by atoms with Crippen molar-refractivity contribution < 1.29 is 19.1 Å². The Morgan fingerprint density at radius 1 is 1.00 bits per heavy atom. The lowest BCUT2D eigenvalue weighted by Crippen LogP contribution is -2.39. The van der Waals surface area contributed by atoms with Crippen LogP contribution in [0.25, 0.3) is 0 Å². The fourth-order valence-corrected chi connectivity index (χ4v) is 3.98. The third-order valence-electron chi connectivity index (χ3n) is 5.70. The summed E-state index contributed by atoms with van der Waals surface area (Å²) in [5.74, 6) is 1.60. The molecule has 0 spiro atoms. The second kappa shape index (κ2) is 10.3. The van der Waals surface area contributed by atoms with Crippen LogP contribution >= 0.6 is 0 Å². The summed E-state index contributed by atoms with van der Waals surface area (Å²) in [5.41, 5.74) is 3.00. The van der Waals surface area contributed by atoms with Gasteiger partial charge in [0.2, 0.25) is 0 Å². The third-order valence-corrected chi connectivity index (χ3v) is 5.70. The van der Waals surface area contributed by atoms with Crippen LogP contribution in [0.15, 0.2) is 42.5 Å². The van der Waals surface area contributed by atoms with E-state index in [0.29, 0.717) is 49.2 Å². The molecule has 0 aromatic heterocycles. The van der Waals surface area contributed by atoms with Crippen molar-refractivity contribution in [3.05, 3.63) is 59.2 Å². The van der Waals surface area contributed by atoms with Crippen molar-refractivity contribution in [3.8, 4) is 11.5 Å². The molecule has 0 N–H and O–H groups in total. The van der Waals surface area contributed by atoms with Gasteiger partial charge in [0.25, 0.3) is 11.8 Å². The summed E-state index contributed by atoms with van der Waals surface area (Å²) in [6.45, 7) is 8.59. The predicted octanol–water partition coefficient (Wildman–Crippen LogP) is 3.88.